The number of benzene rings is 2. The van der Waals surface area contributed by atoms with Gasteiger partial charge in [0.2, 0.25) is 0 Å². The van der Waals surface area contributed by atoms with Crippen LogP contribution in [0.3, 0.4) is 0 Å². The monoisotopic (exact) mass is 360 g/mol. The van der Waals surface area contributed by atoms with Gasteiger partial charge in [0.15, 0.2) is 3.92 Å². The predicted molar refractivity (Wildman–Crippen MR) is 89.6 cm³/mol. The summed E-state index contributed by atoms with van der Waals surface area (Å²) in [6, 6.07) is 14.3. The smallest absolute Gasteiger partial charge is 0.263 e. The first-order chi connectivity index (χ1) is 10.1. The number of rotatable bonds is 3. The fourth-order valence-corrected chi connectivity index (χ4v) is 3.50. The highest BCUT2D eigenvalue weighted by atomic mass is 79.9. The Morgan fingerprint density at radius 3 is 2.76 bits per heavy atom. The largest absolute Gasteiger partial charge is 0.345 e. The number of aromatic nitrogens is 1. The molecule has 0 radical (unpaired) electrons. The average molecular weight is 361 g/mol. The Kier molecular flexibility index (Phi) is 4.03. The van der Waals surface area contributed by atoms with Crippen LogP contribution < -0.4 is 5.32 Å². The van der Waals surface area contributed by atoms with Crippen LogP contribution in [-0.2, 0) is 0 Å². The number of halogens is 1. The molecule has 21 heavy (non-hydrogen) atoms. The molecule has 3 nitrogen and oxygen atoms in total. The molecular weight excluding hydrogens is 348 g/mol. The third-order valence-electron chi connectivity index (χ3n) is 3.34. The minimum absolute atomic E-state index is 0.0653. The van der Waals surface area contributed by atoms with E-state index in [1.165, 1.54) is 22.1 Å². The average Bonchev–Trinajstić information content (AvgIpc) is 2.93. The van der Waals surface area contributed by atoms with E-state index in [0.29, 0.717) is 8.79 Å². The molecule has 0 saturated heterocycles. The standard InChI is InChI=1S/C16H13BrN2OS/c1-10(19-15(20)14-9-18-16(17)21-14)12-8-4-6-11-5-2-3-7-13(11)12/h2-10H,1H3,(H,19,20)/t10-/m0/s1. The second-order valence-electron chi connectivity index (χ2n) is 4.74. The number of hydrogen-bond donors (Lipinski definition) is 1. The highest BCUT2D eigenvalue weighted by Gasteiger charge is 2.15. The first-order valence-electron chi connectivity index (χ1n) is 6.55. The Bertz CT molecular complexity index is 794. The van der Waals surface area contributed by atoms with Gasteiger partial charge in [0.05, 0.1) is 12.2 Å². The van der Waals surface area contributed by atoms with Crippen LogP contribution >= 0.6 is 27.3 Å². The van der Waals surface area contributed by atoms with Crippen molar-refractivity contribution < 1.29 is 4.79 Å². The fraction of sp³-hybridized carbons (Fsp3) is 0.125. The molecule has 0 saturated carbocycles. The summed E-state index contributed by atoms with van der Waals surface area (Å²) in [6.07, 6.45) is 1.58. The van der Waals surface area contributed by atoms with E-state index in [0.717, 1.165) is 5.56 Å². The lowest BCUT2D eigenvalue weighted by atomic mass is 10.00. The Hall–Kier alpha value is -1.72. The zero-order valence-electron chi connectivity index (χ0n) is 11.3. The molecule has 0 bridgehead atoms. The molecule has 5 heteroatoms. The minimum atomic E-state index is -0.0985. The van der Waals surface area contributed by atoms with Gasteiger partial charge in [-0.05, 0) is 39.2 Å². The van der Waals surface area contributed by atoms with Crippen molar-refractivity contribution in [3.8, 4) is 0 Å². The van der Waals surface area contributed by atoms with Crippen LogP contribution in [0, 0.1) is 0 Å². The van der Waals surface area contributed by atoms with Crippen molar-refractivity contribution in [1.29, 1.82) is 0 Å². The number of amides is 1. The number of carbonyl (C=O) groups is 1. The van der Waals surface area contributed by atoms with E-state index in [1.807, 2.05) is 25.1 Å². The van der Waals surface area contributed by atoms with Crippen LogP contribution in [0.1, 0.15) is 28.2 Å². The van der Waals surface area contributed by atoms with Crippen LogP contribution in [-0.4, -0.2) is 10.9 Å². The Balaban J connectivity index is 1.87. The second-order valence-corrected chi connectivity index (χ2v) is 7.05. The van der Waals surface area contributed by atoms with Gasteiger partial charge in [-0.1, -0.05) is 42.5 Å². The molecule has 1 N–H and O–H groups in total. The summed E-state index contributed by atoms with van der Waals surface area (Å²) in [5.41, 5.74) is 1.12. The highest BCUT2D eigenvalue weighted by Crippen LogP contribution is 2.25. The van der Waals surface area contributed by atoms with Gasteiger partial charge in [0.1, 0.15) is 4.88 Å². The molecule has 1 aromatic heterocycles. The van der Waals surface area contributed by atoms with Gasteiger partial charge >= 0.3 is 0 Å². The van der Waals surface area contributed by atoms with Gasteiger partial charge in [-0.15, -0.1) is 11.3 Å². The fourth-order valence-electron chi connectivity index (χ4n) is 2.33. The lowest BCUT2D eigenvalue weighted by Crippen LogP contribution is -2.26. The van der Waals surface area contributed by atoms with Crippen molar-refractivity contribution in [3.63, 3.8) is 0 Å². The predicted octanol–water partition coefficient (Wildman–Crippen LogP) is 4.55. The van der Waals surface area contributed by atoms with Crippen molar-refractivity contribution in [2.45, 2.75) is 13.0 Å². The highest BCUT2D eigenvalue weighted by molar-refractivity contribution is 9.11. The maximum Gasteiger partial charge on any atom is 0.263 e. The van der Waals surface area contributed by atoms with E-state index < -0.39 is 0 Å². The first-order valence-corrected chi connectivity index (χ1v) is 8.16. The van der Waals surface area contributed by atoms with Crippen molar-refractivity contribution in [1.82, 2.24) is 10.3 Å². The lowest BCUT2D eigenvalue weighted by Gasteiger charge is -2.16. The van der Waals surface area contributed by atoms with E-state index in [2.05, 4.69) is 50.5 Å². The van der Waals surface area contributed by atoms with Gasteiger partial charge in [-0.2, -0.15) is 0 Å². The van der Waals surface area contributed by atoms with Gasteiger partial charge in [0.25, 0.3) is 5.91 Å². The number of fused-ring (bicyclic) bond motifs is 1. The molecule has 1 heterocycles. The molecule has 3 aromatic rings. The summed E-state index contributed by atoms with van der Waals surface area (Å²) in [6.45, 7) is 2.00. The van der Waals surface area contributed by atoms with E-state index in [1.54, 1.807) is 6.20 Å². The van der Waals surface area contributed by atoms with Crippen LogP contribution in [0.5, 0.6) is 0 Å². The van der Waals surface area contributed by atoms with Crippen LogP contribution in [0.2, 0.25) is 0 Å². The maximum atomic E-state index is 12.2. The molecule has 1 amide bonds. The summed E-state index contributed by atoms with van der Waals surface area (Å²) in [5, 5.41) is 5.37. The molecule has 1 atom stereocenters. The van der Waals surface area contributed by atoms with Crippen molar-refractivity contribution in [2.75, 3.05) is 0 Å². The number of hydrogen-bond acceptors (Lipinski definition) is 3. The van der Waals surface area contributed by atoms with Crippen LogP contribution in [0.25, 0.3) is 10.8 Å². The lowest BCUT2D eigenvalue weighted by molar-refractivity contribution is 0.0944. The molecule has 3 rings (SSSR count). The Morgan fingerprint density at radius 1 is 1.24 bits per heavy atom. The number of nitrogens with zero attached hydrogens (tertiary/aromatic N) is 1. The third kappa shape index (κ3) is 2.99. The van der Waals surface area contributed by atoms with Crippen LogP contribution in [0.4, 0.5) is 0 Å². The van der Waals surface area contributed by atoms with Crippen LogP contribution in [0.15, 0.2) is 52.6 Å². The number of thiazole rings is 1. The zero-order chi connectivity index (χ0) is 14.8. The number of carbonyl (C=O) groups excluding carboxylic acids is 1. The van der Waals surface area contributed by atoms with Crippen molar-refractivity contribution in [3.05, 3.63) is 63.0 Å². The van der Waals surface area contributed by atoms with E-state index in [9.17, 15) is 4.79 Å². The third-order valence-corrected chi connectivity index (χ3v) is 4.81. The second kappa shape index (κ2) is 5.95. The van der Waals surface area contributed by atoms with E-state index in [-0.39, 0.29) is 11.9 Å². The molecule has 0 aliphatic rings. The van der Waals surface area contributed by atoms with Gasteiger partial charge in [-0.25, -0.2) is 4.98 Å². The topological polar surface area (TPSA) is 42.0 Å². The normalized spacial score (nSPS) is 12.3. The van der Waals surface area contributed by atoms with E-state index in [4.69, 9.17) is 0 Å². The Morgan fingerprint density at radius 2 is 2.00 bits per heavy atom. The van der Waals surface area contributed by atoms with Crippen molar-refractivity contribution >= 4 is 43.9 Å². The minimum Gasteiger partial charge on any atom is -0.345 e. The molecule has 0 aliphatic carbocycles. The summed E-state index contributed by atoms with van der Waals surface area (Å²) in [4.78, 5) is 16.9. The molecule has 0 fully saturated rings. The Labute approximate surface area is 135 Å². The SMILES string of the molecule is C[C@H](NC(=O)c1cnc(Br)s1)c1cccc2ccccc12. The van der Waals surface area contributed by atoms with Gasteiger partial charge in [0, 0.05) is 0 Å². The van der Waals surface area contributed by atoms with Gasteiger partial charge in [-0.3, -0.25) is 4.79 Å². The molecule has 0 spiro atoms. The first kappa shape index (κ1) is 14.2. The van der Waals surface area contributed by atoms with E-state index >= 15 is 0 Å². The molecule has 2 aromatic carbocycles. The molecular formula is C16H13BrN2OS. The molecule has 106 valence electrons. The molecule has 0 unspecified atom stereocenters. The summed E-state index contributed by atoms with van der Waals surface area (Å²) >= 11 is 4.60. The number of nitrogens with one attached hydrogen (secondary N) is 1. The summed E-state index contributed by atoms with van der Waals surface area (Å²) < 4.78 is 0.713. The molecule has 0 aliphatic heterocycles. The zero-order valence-corrected chi connectivity index (χ0v) is 13.7. The summed E-state index contributed by atoms with van der Waals surface area (Å²) in [5.74, 6) is -0.0985. The summed E-state index contributed by atoms with van der Waals surface area (Å²) in [7, 11) is 0. The van der Waals surface area contributed by atoms with Crippen molar-refractivity contribution in [2.24, 2.45) is 0 Å². The quantitative estimate of drug-likeness (QED) is 0.744. The van der Waals surface area contributed by atoms with Gasteiger partial charge < -0.3 is 5.32 Å². The maximum absolute atomic E-state index is 12.2.